The lowest BCUT2D eigenvalue weighted by atomic mass is 9.89. The van der Waals surface area contributed by atoms with E-state index >= 15 is 0 Å². The average molecular weight is 402 g/mol. The number of rotatable bonds is 4. The summed E-state index contributed by atoms with van der Waals surface area (Å²) < 4.78 is 1.98. The molecule has 0 bridgehead atoms. The molecule has 7 nitrogen and oxygen atoms in total. The van der Waals surface area contributed by atoms with Crippen LogP contribution in [0.3, 0.4) is 0 Å². The number of hydrogen-bond acceptors (Lipinski definition) is 8. The first-order valence-corrected chi connectivity index (χ1v) is 11.5. The highest BCUT2D eigenvalue weighted by molar-refractivity contribution is 7.98. The van der Waals surface area contributed by atoms with Crippen LogP contribution >= 0.6 is 23.1 Å². The molecule has 142 valence electrons. The number of hydrogen-bond donors (Lipinski definition) is 1. The summed E-state index contributed by atoms with van der Waals surface area (Å²) in [6, 6.07) is 0.432. The summed E-state index contributed by atoms with van der Waals surface area (Å²) in [6.45, 7) is 2.32. The molecule has 27 heavy (non-hydrogen) atoms. The van der Waals surface area contributed by atoms with Gasteiger partial charge in [0.1, 0.15) is 16.5 Å². The van der Waals surface area contributed by atoms with Crippen LogP contribution in [0, 0.1) is 5.92 Å². The van der Waals surface area contributed by atoms with Crippen molar-refractivity contribution in [1.82, 2.24) is 30.2 Å². The van der Waals surface area contributed by atoms with Gasteiger partial charge in [-0.2, -0.15) is 0 Å². The monoisotopic (exact) mass is 401 g/mol. The molecule has 2 aliphatic carbocycles. The Bertz CT molecular complexity index is 974. The normalized spacial score (nSPS) is 20.4. The lowest BCUT2D eigenvalue weighted by Gasteiger charge is -2.17. The van der Waals surface area contributed by atoms with E-state index in [9.17, 15) is 0 Å². The van der Waals surface area contributed by atoms with Crippen LogP contribution in [0.2, 0.25) is 0 Å². The van der Waals surface area contributed by atoms with Crippen molar-refractivity contribution in [2.24, 2.45) is 5.92 Å². The minimum atomic E-state index is 0.432. The second kappa shape index (κ2) is 7.01. The van der Waals surface area contributed by atoms with Crippen LogP contribution in [0.25, 0.3) is 10.2 Å². The Morgan fingerprint density at radius 3 is 2.93 bits per heavy atom. The lowest BCUT2D eigenvalue weighted by molar-refractivity contribution is 0.423. The molecule has 9 heteroatoms. The van der Waals surface area contributed by atoms with Gasteiger partial charge in [-0.1, -0.05) is 31.5 Å². The minimum absolute atomic E-state index is 0.432. The third kappa shape index (κ3) is 3.20. The summed E-state index contributed by atoms with van der Waals surface area (Å²) in [5.41, 5.74) is 7.72. The van der Waals surface area contributed by atoms with Crippen molar-refractivity contribution in [1.29, 1.82) is 0 Å². The SMILES string of the molecule is CC1CCc2c(sc3nc(CSc4nnnn4C4CCCC4)nc(N)c23)C1. The molecular formula is C18H23N7S2. The second-order valence-corrected chi connectivity index (χ2v) is 9.72. The second-order valence-electron chi connectivity index (χ2n) is 7.69. The number of anilines is 1. The Morgan fingerprint density at radius 2 is 2.07 bits per heavy atom. The Hall–Kier alpha value is -1.74. The first-order valence-electron chi connectivity index (χ1n) is 9.66. The first-order chi connectivity index (χ1) is 13.2. The third-order valence-corrected chi connectivity index (χ3v) is 7.77. The molecule has 2 N–H and O–H groups in total. The summed E-state index contributed by atoms with van der Waals surface area (Å²) in [5, 5.41) is 14.2. The Labute approximate surface area is 166 Å². The van der Waals surface area contributed by atoms with Crippen LogP contribution in [0.1, 0.15) is 61.3 Å². The van der Waals surface area contributed by atoms with Gasteiger partial charge in [-0.05, 0) is 54.0 Å². The molecule has 1 saturated carbocycles. The fourth-order valence-electron chi connectivity index (χ4n) is 4.27. The van der Waals surface area contributed by atoms with Crippen LogP contribution in [-0.2, 0) is 18.6 Å². The van der Waals surface area contributed by atoms with Crippen molar-refractivity contribution in [3.05, 3.63) is 16.3 Å². The predicted molar refractivity (Wildman–Crippen MR) is 108 cm³/mol. The van der Waals surface area contributed by atoms with Gasteiger partial charge < -0.3 is 5.73 Å². The van der Waals surface area contributed by atoms with Crippen LogP contribution < -0.4 is 5.73 Å². The summed E-state index contributed by atoms with van der Waals surface area (Å²) >= 11 is 3.39. The number of tetrazole rings is 1. The lowest BCUT2D eigenvalue weighted by Crippen LogP contribution is -2.09. The maximum atomic E-state index is 6.34. The third-order valence-electron chi connectivity index (χ3n) is 5.69. The minimum Gasteiger partial charge on any atom is -0.383 e. The van der Waals surface area contributed by atoms with Gasteiger partial charge in [-0.25, -0.2) is 14.6 Å². The summed E-state index contributed by atoms with van der Waals surface area (Å²) in [4.78, 5) is 11.9. The fraction of sp³-hybridized carbons (Fsp3) is 0.611. The largest absolute Gasteiger partial charge is 0.383 e. The number of thioether (sulfide) groups is 1. The van der Waals surface area contributed by atoms with Crippen molar-refractivity contribution in [3.8, 4) is 0 Å². The number of nitrogens with zero attached hydrogens (tertiary/aromatic N) is 6. The quantitative estimate of drug-likeness (QED) is 0.664. The van der Waals surface area contributed by atoms with Crippen LogP contribution in [0.5, 0.6) is 0 Å². The molecular weight excluding hydrogens is 378 g/mol. The van der Waals surface area contributed by atoms with Gasteiger partial charge in [0, 0.05) is 4.88 Å². The number of thiophene rings is 1. The fourth-order valence-corrected chi connectivity index (χ4v) is 6.48. The van der Waals surface area contributed by atoms with Crippen molar-refractivity contribution in [2.45, 2.75) is 68.8 Å². The van der Waals surface area contributed by atoms with E-state index in [1.165, 1.54) is 29.7 Å². The average Bonchev–Trinajstić information content (AvgIpc) is 3.37. The number of nitrogens with two attached hydrogens (primary N) is 1. The molecule has 0 amide bonds. The number of fused-ring (bicyclic) bond motifs is 3. The molecule has 0 aromatic carbocycles. The zero-order valence-electron chi connectivity index (χ0n) is 15.4. The summed E-state index contributed by atoms with van der Waals surface area (Å²) in [5.74, 6) is 2.76. The Kier molecular flexibility index (Phi) is 4.51. The molecule has 0 saturated heterocycles. The van der Waals surface area contributed by atoms with Gasteiger partial charge in [0.2, 0.25) is 5.16 Å². The van der Waals surface area contributed by atoms with Crippen molar-refractivity contribution in [2.75, 3.05) is 5.73 Å². The molecule has 0 spiro atoms. The Morgan fingerprint density at radius 1 is 1.22 bits per heavy atom. The van der Waals surface area contributed by atoms with Gasteiger partial charge in [-0.15, -0.1) is 16.4 Å². The van der Waals surface area contributed by atoms with E-state index in [0.717, 1.165) is 52.8 Å². The molecule has 1 fully saturated rings. The Balaban J connectivity index is 1.39. The first kappa shape index (κ1) is 17.4. The highest BCUT2D eigenvalue weighted by Gasteiger charge is 2.24. The number of nitrogen functional groups attached to an aromatic ring is 1. The smallest absolute Gasteiger partial charge is 0.210 e. The standard InChI is InChI=1S/C18H23N7S2/c1-10-6-7-12-13(8-10)27-17-15(12)16(19)20-14(21-17)9-26-18-22-23-24-25(18)11-4-2-3-5-11/h10-11H,2-9H2,1H3,(H2,19,20,21). The molecule has 1 unspecified atom stereocenters. The van der Waals surface area contributed by atoms with Gasteiger partial charge in [0.05, 0.1) is 17.2 Å². The van der Waals surface area contributed by atoms with Crippen molar-refractivity contribution < 1.29 is 0 Å². The molecule has 0 radical (unpaired) electrons. The van der Waals surface area contributed by atoms with E-state index in [4.69, 9.17) is 10.7 Å². The molecule has 1 atom stereocenters. The van der Waals surface area contributed by atoms with E-state index in [1.807, 2.05) is 4.68 Å². The zero-order chi connectivity index (χ0) is 18.4. The molecule has 2 aliphatic rings. The highest BCUT2D eigenvalue weighted by Crippen LogP contribution is 2.39. The van der Waals surface area contributed by atoms with Gasteiger partial charge in [-0.3, -0.25) is 0 Å². The van der Waals surface area contributed by atoms with Crippen LogP contribution in [-0.4, -0.2) is 30.2 Å². The summed E-state index contributed by atoms with van der Waals surface area (Å²) in [6.07, 6.45) is 8.28. The summed E-state index contributed by atoms with van der Waals surface area (Å²) in [7, 11) is 0. The zero-order valence-corrected chi connectivity index (χ0v) is 17.0. The van der Waals surface area contributed by atoms with Gasteiger partial charge in [0.25, 0.3) is 0 Å². The number of aryl methyl sites for hydroxylation is 1. The van der Waals surface area contributed by atoms with E-state index in [2.05, 4.69) is 27.4 Å². The van der Waals surface area contributed by atoms with E-state index < -0.39 is 0 Å². The number of aromatic nitrogens is 6. The van der Waals surface area contributed by atoms with Gasteiger partial charge in [0.15, 0.2) is 0 Å². The van der Waals surface area contributed by atoms with Crippen molar-refractivity contribution in [3.63, 3.8) is 0 Å². The molecule has 3 aromatic heterocycles. The molecule has 5 rings (SSSR count). The molecule has 0 aliphatic heterocycles. The maximum Gasteiger partial charge on any atom is 0.210 e. The van der Waals surface area contributed by atoms with E-state index in [1.54, 1.807) is 23.1 Å². The highest BCUT2D eigenvalue weighted by atomic mass is 32.2. The maximum absolute atomic E-state index is 6.34. The topological polar surface area (TPSA) is 95.4 Å². The predicted octanol–water partition coefficient (Wildman–Crippen LogP) is 3.79. The van der Waals surface area contributed by atoms with E-state index in [0.29, 0.717) is 17.6 Å². The van der Waals surface area contributed by atoms with E-state index in [-0.39, 0.29) is 0 Å². The molecule has 3 aromatic rings. The van der Waals surface area contributed by atoms with Crippen molar-refractivity contribution >= 4 is 39.1 Å². The molecule has 3 heterocycles. The van der Waals surface area contributed by atoms with Crippen LogP contribution in [0.15, 0.2) is 5.16 Å². The van der Waals surface area contributed by atoms with Crippen LogP contribution in [0.4, 0.5) is 5.82 Å². The van der Waals surface area contributed by atoms with Gasteiger partial charge >= 0.3 is 0 Å².